The van der Waals surface area contributed by atoms with Gasteiger partial charge >= 0.3 is 0 Å². The van der Waals surface area contributed by atoms with E-state index in [0.29, 0.717) is 31.1 Å². The number of amides is 1. The Labute approximate surface area is 250 Å². The lowest BCUT2D eigenvalue weighted by Crippen LogP contribution is -2.52. The summed E-state index contributed by atoms with van der Waals surface area (Å²) in [6.45, 7) is 7.17. The second kappa shape index (κ2) is 11.5. The Bertz CT molecular complexity index is 1400. The third kappa shape index (κ3) is 5.48. The van der Waals surface area contributed by atoms with E-state index in [1.165, 1.54) is 16.7 Å². The number of hydrogen-bond acceptors (Lipinski definition) is 5. The lowest BCUT2D eigenvalue weighted by molar-refractivity contribution is -0.124. The predicted octanol–water partition coefficient (Wildman–Crippen LogP) is 6.88. The molecule has 0 radical (unpaired) electrons. The predicted molar refractivity (Wildman–Crippen MR) is 165 cm³/mol. The minimum absolute atomic E-state index is 0.0685. The van der Waals surface area contributed by atoms with Crippen LogP contribution in [-0.2, 0) is 10.2 Å². The van der Waals surface area contributed by atoms with E-state index in [1.807, 2.05) is 34.1 Å². The number of methoxy groups -OCH3 is 1. The van der Waals surface area contributed by atoms with Gasteiger partial charge < -0.3 is 9.84 Å². The van der Waals surface area contributed by atoms with Crippen molar-refractivity contribution in [3.05, 3.63) is 65.6 Å². The maximum absolute atomic E-state index is 14.2. The molecule has 4 aliphatic rings. The number of aliphatic hydroxyl groups is 1. The first kappa shape index (κ1) is 28.9. The summed E-state index contributed by atoms with van der Waals surface area (Å²) >= 11 is 0. The van der Waals surface area contributed by atoms with E-state index in [9.17, 15) is 9.90 Å². The standard InChI is InChI=1S/C35H46N4O3/c1-24(2)27-21-37-39(22-27)29-11-18-36-32(20-29)38(33(41)26-5-8-30(40)9-6-26)23-34-12-15-35(16-13-34,17-14-34)28-7-10-31(42-4)25(3)19-28/h7,10-11,18-22,24,26,30,40H,5-6,8-9,12-17,23H2,1-4H3. The van der Waals surface area contributed by atoms with Crippen LogP contribution < -0.4 is 9.64 Å². The number of ether oxygens (including phenoxy) is 1. The Morgan fingerprint density at radius 2 is 1.79 bits per heavy atom. The van der Waals surface area contributed by atoms with Crippen LogP contribution in [0.1, 0.15) is 101 Å². The largest absolute Gasteiger partial charge is 0.496 e. The summed E-state index contributed by atoms with van der Waals surface area (Å²) < 4.78 is 7.42. The number of carbonyl (C=O) groups is 1. The fourth-order valence-electron chi connectivity index (χ4n) is 7.77. The molecule has 2 heterocycles. The molecule has 0 spiro atoms. The van der Waals surface area contributed by atoms with Gasteiger partial charge in [0, 0.05) is 30.9 Å². The number of fused-ring (bicyclic) bond motifs is 3. The first-order valence-corrected chi connectivity index (χ1v) is 15.9. The summed E-state index contributed by atoms with van der Waals surface area (Å²) in [6.07, 6.45) is 15.1. The molecular formula is C35H46N4O3. The minimum atomic E-state index is -0.288. The summed E-state index contributed by atoms with van der Waals surface area (Å²) in [4.78, 5) is 21.0. The summed E-state index contributed by atoms with van der Waals surface area (Å²) in [5.41, 5.74) is 5.06. The number of carbonyl (C=O) groups excluding carboxylic acids is 1. The van der Waals surface area contributed by atoms with Crippen LogP contribution in [0.25, 0.3) is 5.69 Å². The summed E-state index contributed by atoms with van der Waals surface area (Å²) in [7, 11) is 1.74. The molecule has 2 aromatic heterocycles. The maximum Gasteiger partial charge on any atom is 0.231 e. The number of hydrogen-bond donors (Lipinski definition) is 1. The number of benzene rings is 1. The van der Waals surface area contributed by atoms with Gasteiger partial charge in [0.25, 0.3) is 0 Å². The van der Waals surface area contributed by atoms with Crippen molar-refractivity contribution < 1.29 is 14.6 Å². The first-order valence-electron chi connectivity index (χ1n) is 15.9. The normalized spacial score (nSPS) is 27.3. The van der Waals surface area contributed by atoms with Gasteiger partial charge in [0.1, 0.15) is 11.6 Å². The van der Waals surface area contributed by atoms with Gasteiger partial charge in [0.2, 0.25) is 5.91 Å². The van der Waals surface area contributed by atoms with Crippen molar-refractivity contribution >= 4 is 11.7 Å². The molecule has 4 aliphatic carbocycles. The second-order valence-corrected chi connectivity index (χ2v) is 13.6. The summed E-state index contributed by atoms with van der Waals surface area (Å²) in [5, 5.41) is 14.7. The van der Waals surface area contributed by atoms with Crippen LogP contribution in [0.5, 0.6) is 5.75 Å². The number of nitrogens with zero attached hydrogens (tertiary/aromatic N) is 4. The molecule has 4 fully saturated rings. The number of anilines is 1. The highest BCUT2D eigenvalue weighted by Crippen LogP contribution is 2.58. The van der Waals surface area contributed by atoms with Crippen molar-refractivity contribution in [2.75, 3.05) is 18.6 Å². The van der Waals surface area contributed by atoms with Crippen LogP contribution in [0.2, 0.25) is 0 Å². The highest BCUT2D eigenvalue weighted by atomic mass is 16.5. The van der Waals surface area contributed by atoms with Gasteiger partial charge in [-0.05, 0) is 117 Å². The van der Waals surface area contributed by atoms with Crippen LogP contribution in [0.4, 0.5) is 5.82 Å². The van der Waals surface area contributed by atoms with Gasteiger partial charge in [-0.3, -0.25) is 9.69 Å². The molecule has 0 atom stereocenters. The minimum Gasteiger partial charge on any atom is -0.496 e. The highest BCUT2D eigenvalue weighted by molar-refractivity contribution is 5.94. The van der Waals surface area contributed by atoms with Crippen LogP contribution in [-0.4, -0.2) is 45.5 Å². The molecule has 7 rings (SSSR count). The quantitative estimate of drug-likeness (QED) is 0.319. The van der Waals surface area contributed by atoms with Gasteiger partial charge in [-0.1, -0.05) is 26.0 Å². The molecule has 3 aromatic rings. The molecule has 1 aromatic carbocycles. The zero-order valence-corrected chi connectivity index (χ0v) is 25.7. The Morgan fingerprint density at radius 1 is 1.07 bits per heavy atom. The molecule has 1 amide bonds. The Hall–Kier alpha value is -3.19. The number of aromatic nitrogens is 3. The molecule has 224 valence electrons. The Kier molecular flexibility index (Phi) is 7.90. The van der Waals surface area contributed by atoms with Crippen LogP contribution >= 0.6 is 0 Å². The molecule has 2 bridgehead atoms. The van der Waals surface area contributed by atoms with Crippen molar-refractivity contribution in [1.29, 1.82) is 0 Å². The maximum atomic E-state index is 14.2. The number of aliphatic hydroxyl groups excluding tert-OH is 1. The van der Waals surface area contributed by atoms with Crippen molar-refractivity contribution in [3.63, 3.8) is 0 Å². The van der Waals surface area contributed by atoms with E-state index in [0.717, 1.165) is 62.8 Å². The third-order valence-corrected chi connectivity index (χ3v) is 10.8. The molecule has 42 heavy (non-hydrogen) atoms. The van der Waals surface area contributed by atoms with Crippen LogP contribution in [0, 0.1) is 18.3 Å². The average Bonchev–Trinajstić information content (AvgIpc) is 3.52. The molecule has 0 aliphatic heterocycles. The molecule has 7 nitrogen and oxygen atoms in total. The Balaban J connectivity index is 1.27. The molecule has 0 unspecified atom stereocenters. The fraction of sp³-hybridized carbons (Fsp3) is 0.571. The number of aryl methyl sites for hydroxylation is 1. The van der Waals surface area contributed by atoms with E-state index in [-0.39, 0.29) is 28.8 Å². The van der Waals surface area contributed by atoms with Crippen LogP contribution in [0.15, 0.2) is 48.9 Å². The number of rotatable bonds is 8. The second-order valence-electron chi connectivity index (χ2n) is 13.6. The van der Waals surface area contributed by atoms with Crippen molar-refractivity contribution in [1.82, 2.24) is 14.8 Å². The highest BCUT2D eigenvalue weighted by Gasteiger charge is 2.50. The van der Waals surface area contributed by atoms with E-state index >= 15 is 0 Å². The van der Waals surface area contributed by atoms with Crippen molar-refractivity contribution in [2.45, 2.75) is 102 Å². The summed E-state index contributed by atoms with van der Waals surface area (Å²) in [6, 6.07) is 10.7. The molecule has 4 saturated carbocycles. The monoisotopic (exact) mass is 570 g/mol. The van der Waals surface area contributed by atoms with Crippen LogP contribution in [0.3, 0.4) is 0 Å². The lowest BCUT2D eigenvalue weighted by atomic mass is 9.51. The molecular weight excluding hydrogens is 524 g/mol. The number of pyridine rings is 1. The van der Waals surface area contributed by atoms with E-state index in [1.54, 1.807) is 7.11 Å². The SMILES string of the molecule is COc1ccc(C23CCC(CN(C(=O)C4CCC(O)CC4)c4cc(-n5cc(C(C)C)cn5)ccn4)(CC2)CC3)cc1C. The summed E-state index contributed by atoms with van der Waals surface area (Å²) in [5.74, 6) is 2.16. The van der Waals surface area contributed by atoms with Gasteiger partial charge in [-0.25, -0.2) is 9.67 Å². The molecule has 0 saturated heterocycles. The van der Waals surface area contributed by atoms with E-state index < -0.39 is 0 Å². The molecule has 7 heteroatoms. The zero-order valence-electron chi connectivity index (χ0n) is 25.7. The van der Waals surface area contributed by atoms with Gasteiger partial charge in [-0.2, -0.15) is 5.10 Å². The fourth-order valence-corrected chi connectivity index (χ4v) is 7.77. The Morgan fingerprint density at radius 3 is 2.40 bits per heavy atom. The average molecular weight is 571 g/mol. The first-order chi connectivity index (χ1) is 20.2. The smallest absolute Gasteiger partial charge is 0.231 e. The topological polar surface area (TPSA) is 80.5 Å². The van der Waals surface area contributed by atoms with E-state index in [4.69, 9.17) is 9.72 Å². The van der Waals surface area contributed by atoms with Crippen molar-refractivity contribution in [2.24, 2.45) is 11.3 Å². The molecule has 1 N–H and O–H groups in total. The van der Waals surface area contributed by atoms with Gasteiger partial charge in [-0.15, -0.1) is 0 Å². The third-order valence-electron chi connectivity index (χ3n) is 10.8. The van der Waals surface area contributed by atoms with Gasteiger partial charge in [0.05, 0.1) is 25.1 Å². The van der Waals surface area contributed by atoms with Crippen molar-refractivity contribution in [3.8, 4) is 11.4 Å². The van der Waals surface area contributed by atoms with E-state index in [2.05, 4.69) is 50.3 Å². The zero-order chi connectivity index (χ0) is 29.5. The van der Waals surface area contributed by atoms with Gasteiger partial charge in [0.15, 0.2) is 0 Å². The lowest BCUT2D eigenvalue weighted by Gasteiger charge is -2.55.